The van der Waals surface area contributed by atoms with E-state index in [0.29, 0.717) is 19.4 Å². The highest BCUT2D eigenvalue weighted by Crippen LogP contribution is 2.34. The highest BCUT2D eigenvalue weighted by Gasteiger charge is 2.45. The summed E-state index contributed by atoms with van der Waals surface area (Å²) in [5.41, 5.74) is -0.880. The Kier molecular flexibility index (Phi) is 3.77. The molecule has 20 heavy (non-hydrogen) atoms. The minimum Gasteiger partial charge on any atom is -0.481 e. The van der Waals surface area contributed by atoms with Crippen LogP contribution in [0.5, 0.6) is 0 Å². The maximum atomic E-state index is 12.0. The van der Waals surface area contributed by atoms with Crippen LogP contribution in [0.2, 0.25) is 0 Å². The first kappa shape index (κ1) is 14.8. The molecule has 7 nitrogen and oxygen atoms in total. The predicted molar refractivity (Wildman–Crippen MR) is 71.8 cm³/mol. The highest BCUT2D eigenvalue weighted by molar-refractivity contribution is 7.94. The number of nitrogens with zero attached hydrogens (tertiary/aromatic N) is 1. The zero-order valence-electron chi connectivity index (χ0n) is 11.2. The molecule has 0 saturated carbocycles. The number of hydrogen-bond donors (Lipinski definition) is 2. The topological polar surface area (TPSA) is 104 Å². The van der Waals surface area contributed by atoms with Gasteiger partial charge in [0.25, 0.3) is 0 Å². The molecule has 2 aliphatic rings. The molecule has 0 bridgehead atoms. The van der Waals surface area contributed by atoms with Gasteiger partial charge in [0.05, 0.1) is 17.2 Å². The van der Waals surface area contributed by atoms with E-state index in [1.165, 1.54) is 11.0 Å². The first-order chi connectivity index (χ1) is 9.28. The molecule has 1 saturated heterocycles. The number of sulfone groups is 1. The molecule has 0 aromatic heterocycles. The Morgan fingerprint density at radius 2 is 2.20 bits per heavy atom. The quantitative estimate of drug-likeness (QED) is 0.774. The number of amides is 2. The van der Waals surface area contributed by atoms with E-state index in [0.717, 1.165) is 5.41 Å². The van der Waals surface area contributed by atoms with Gasteiger partial charge in [-0.25, -0.2) is 13.2 Å². The first-order valence-electron chi connectivity index (χ1n) is 6.48. The Morgan fingerprint density at radius 1 is 1.50 bits per heavy atom. The largest absolute Gasteiger partial charge is 0.481 e. The van der Waals surface area contributed by atoms with E-state index in [9.17, 15) is 23.1 Å². The molecular weight excluding hydrogens is 284 g/mol. The summed E-state index contributed by atoms with van der Waals surface area (Å²) in [6, 6.07) is -0.942. The van der Waals surface area contributed by atoms with Crippen molar-refractivity contribution >= 4 is 21.8 Å². The van der Waals surface area contributed by atoms with Crippen molar-refractivity contribution in [2.45, 2.75) is 25.8 Å². The third-order valence-corrected chi connectivity index (χ3v) is 5.41. The second-order valence-corrected chi connectivity index (χ2v) is 7.26. The molecule has 0 aromatic carbocycles. The van der Waals surface area contributed by atoms with Gasteiger partial charge in [0, 0.05) is 18.5 Å². The van der Waals surface area contributed by atoms with Crippen LogP contribution in [0.25, 0.3) is 0 Å². The van der Waals surface area contributed by atoms with Gasteiger partial charge >= 0.3 is 12.0 Å². The van der Waals surface area contributed by atoms with Crippen molar-refractivity contribution in [2.24, 2.45) is 5.41 Å². The second kappa shape index (κ2) is 5.08. The van der Waals surface area contributed by atoms with Crippen molar-refractivity contribution in [3.05, 3.63) is 11.5 Å². The fraction of sp³-hybridized carbons (Fsp3) is 0.667. The van der Waals surface area contributed by atoms with Gasteiger partial charge in [-0.05, 0) is 18.9 Å². The van der Waals surface area contributed by atoms with Gasteiger partial charge in [0.15, 0.2) is 9.84 Å². The number of carboxylic acid groups (broad SMARTS) is 1. The van der Waals surface area contributed by atoms with Crippen LogP contribution in [0, 0.1) is 5.41 Å². The molecular formula is C12H18N2O5S. The molecule has 2 aliphatic heterocycles. The van der Waals surface area contributed by atoms with E-state index in [-0.39, 0.29) is 12.3 Å². The Bertz CT molecular complexity index is 556. The lowest BCUT2D eigenvalue weighted by Crippen LogP contribution is -2.45. The summed E-state index contributed by atoms with van der Waals surface area (Å²) in [4.78, 5) is 24.8. The van der Waals surface area contributed by atoms with Crippen LogP contribution in [0.4, 0.5) is 4.79 Å². The fourth-order valence-electron chi connectivity index (χ4n) is 2.58. The van der Waals surface area contributed by atoms with Crippen molar-refractivity contribution in [2.75, 3.05) is 18.8 Å². The van der Waals surface area contributed by atoms with E-state index in [1.54, 1.807) is 6.92 Å². The van der Waals surface area contributed by atoms with Crippen LogP contribution in [0.15, 0.2) is 11.5 Å². The Balaban J connectivity index is 1.96. The molecule has 2 N–H and O–H groups in total. The van der Waals surface area contributed by atoms with Gasteiger partial charge in [-0.3, -0.25) is 4.79 Å². The summed E-state index contributed by atoms with van der Waals surface area (Å²) in [5, 5.41) is 13.0. The second-order valence-electron chi connectivity index (χ2n) is 5.32. The number of carboxylic acids is 1. The average molecular weight is 302 g/mol. The SMILES string of the molecule is CCC1(C(=O)O)CCN(C(=O)NC2C=CS(=O)(=O)C2)C1. The van der Waals surface area contributed by atoms with E-state index < -0.39 is 33.3 Å². The summed E-state index contributed by atoms with van der Waals surface area (Å²) >= 11 is 0. The monoisotopic (exact) mass is 302 g/mol. The van der Waals surface area contributed by atoms with Crippen molar-refractivity contribution in [3.63, 3.8) is 0 Å². The lowest BCUT2D eigenvalue weighted by Gasteiger charge is -2.24. The third-order valence-electron chi connectivity index (χ3n) is 4.01. The summed E-state index contributed by atoms with van der Waals surface area (Å²) in [7, 11) is -3.21. The zero-order chi connectivity index (χ0) is 15.0. The first-order valence-corrected chi connectivity index (χ1v) is 8.19. The van der Waals surface area contributed by atoms with Crippen LogP contribution in [-0.4, -0.2) is 55.3 Å². The minimum absolute atomic E-state index is 0.134. The number of likely N-dealkylation sites (tertiary alicyclic amines) is 1. The molecule has 2 amide bonds. The number of aliphatic carboxylic acids is 1. The molecule has 8 heteroatoms. The van der Waals surface area contributed by atoms with Gasteiger partial charge < -0.3 is 15.3 Å². The van der Waals surface area contributed by atoms with Gasteiger partial charge in [0.2, 0.25) is 0 Å². The summed E-state index contributed by atoms with van der Waals surface area (Å²) in [5.74, 6) is -1.02. The summed E-state index contributed by atoms with van der Waals surface area (Å²) in [6.45, 7) is 2.32. The summed E-state index contributed by atoms with van der Waals surface area (Å²) in [6.07, 6.45) is 2.32. The fourth-order valence-corrected chi connectivity index (χ4v) is 3.81. The van der Waals surface area contributed by atoms with E-state index >= 15 is 0 Å². The van der Waals surface area contributed by atoms with Crippen LogP contribution >= 0.6 is 0 Å². The number of carbonyl (C=O) groups is 2. The number of urea groups is 1. The molecule has 112 valence electrons. The van der Waals surface area contributed by atoms with Crippen LogP contribution in [-0.2, 0) is 14.6 Å². The van der Waals surface area contributed by atoms with Crippen molar-refractivity contribution in [1.29, 1.82) is 0 Å². The smallest absolute Gasteiger partial charge is 0.317 e. The highest BCUT2D eigenvalue weighted by atomic mass is 32.2. The lowest BCUT2D eigenvalue weighted by molar-refractivity contribution is -0.148. The molecule has 2 heterocycles. The lowest BCUT2D eigenvalue weighted by atomic mass is 9.84. The Labute approximate surface area is 117 Å². The van der Waals surface area contributed by atoms with Gasteiger partial charge in [-0.15, -0.1) is 0 Å². The van der Waals surface area contributed by atoms with E-state index in [2.05, 4.69) is 5.32 Å². The van der Waals surface area contributed by atoms with Gasteiger partial charge in [0.1, 0.15) is 0 Å². The Hall–Kier alpha value is -1.57. The number of carbonyl (C=O) groups excluding carboxylic acids is 1. The van der Waals surface area contributed by atoms with Crippen LogP contribution < -0.4 is 5.32 Å². The number of hydrogen-bond acceptors (Lipinski definition) is 4. The van der Waals surface area contributed by atoms with Crippen molar-refractivity contribution < 1.29 is 23.1 Å². The Morgan fingerprint density at radius 3 is 2.65 bits per heavy atom. The zero-order valence-corrected chi connectivity index (χ0v) is 12.0. The maximum absolute atomic E-state index is 12.0. The standard InChI is InChI=1S/C12H18N2O5S/c1-2-12(10(15)16)4-5-14(8-12)11(17)13-9-3-6-20(18,19)7-9/h3,6,9H,2,4-5,7-8H2,1H3,(H,13,17)(H,15,16). The summed E-state index contributed by atoms with van der Waals surface area (Å²) < 4.78 is 22.5. The van der Waals surface area contributed by atoms with E-state index in [1.807, 2.05) is 0 Å². The van der Waals surface area contributed by atoms with Crippen molar-refractivity contribution in [3.8, 4) is 0 Å². The molecule has 1 fully saturated rings. The molecule has 2 atom stereocenters. The van der Waals surface area contributed by atoms with Crippen molar-refractivity contribution in [1.82, 2.24) is 10.2 Å². The molecule has 0 aliphatic carbocycles. The van der Waals surface area contributed by atoms with Crippen LogP contribution in [0.1, 0.15) is 19.8 Å². The molecule has 2 rings (SSSR count). The molecule has 0 aromatic rings. The van der Waals surface area contributed by atoms with Gasteiger partial charge in [-0.2, -0.15) is 0 Å². The molecule has 0 spiro atoms. The normalized spacial score (nSPS) is 31.4. The predicted octanol–water partition coefficient (Wildman–Crippen LogP) is 0.193. The number of rotatable bonds is 3. The van der Waals surface area contributed by atoms with E-state index in [4.69, 9.17) is 0 Å². The third kappa shape index (κ3) is 2.79. The molecule has 0 radical (unpaired) electrons. The maximum Gasteiger partial charge on any atom is 0.317 e. The average Bonchev–Trinajstić information content (AvgIpc) is 2.94. The number of nitrogens with one attached hydrogen (secondary N) is 1. The van der Waals surface area contributed by atoms with Gasteiger partial charge in [-0.1, -0.05) is 6.92 Å². The minimum atomic E-state index is -3.21. The van der Waals surface area contributed by atoms with Crippen LogP contribution in [0.3, 0.4) is 0 Å². The molecule has 2 unspecified atom stereocenters.